The van der Waals surface area contributed by atoms with Gasteiger partial charge in [-0.1, -0.05) is 0 Å². The summed E-state index contributed by atoms with van der Waals surface area (Å²) in [6.45, 7) is 4.95. The van der Waals surface area contributed by atoms with Gasteiger partial charge < -0.3 is 9.32 Å². The molecule has 2 aliphatic heterocycles. The van der Waals surface area contributed by atoms with Crippen molar-refractivity contribution in [3.8, 4) is 0 Å². The second-order valence-electron chi connectivity index (χ2n) is 7.13. The number of carbonyl (C=O) groups is 1. The topological polar surface area (TPSA) is 49.6 Å². The van der Waals surface area contributed by atoms with Gasteiger partial charge in [-0.15, -0.1) is 0 Å². The fraction of sp³-hybridized carbons (Fsp3) is 0.474. The molecular formula is C19H23N3O2. The summed E-state index contributed by atoms with van der Waals surface area (Å²) in [5, 5.41) is 0. The average Bonchev–Trinajstić information content (AvgIpc) is 3.27. The van der Waals surface area contributed by atoms with Gasteiger partial charge in [0.05, 0.1) is 18.1 Å². The molecule has 2 aromatic heterocycles. The first-order chi connectivity index (χ1) is 11.7. The highest BCUT2D eigenvalue weighted by atomic mass is 16.3. The number of furan rings is 1. The quantitative estimate of drug-likeness (QED) is 0.871. The zero-order valence-corrected chi connectivity index (χ0v) is 13.9. The normalized spacial score (nSPS) is 20.6. The minimum atomic E-state index is 0.117. The first-order valence-corrected chi connectivity index (χ1v) is 8.67. The number of likely N-dealkylation sites (tertiary alicyclic amines) is 2. The summed E-state index contributed by atoms with van der Waals surface area (Å²) in [6, 6.07) is 5.71. The van der Waals surface area contributed by atoms with Gasteiger partial charge in [-0.3, -0.25) is 14.7 Å². The molecule has 0 aliphatic carbocycles. The third-order valence-electron chi connectivity index (χ3n) is 5.52. The van der Waals surface area contributed by atoms with Gasteiger partial charge in [0.1, 0.15) is 0 Å². The van der Waals surface area contributed by atoms with Crippen LogP contribution in [0.4, 0.5) is 0 Å². The largest absolute Gasteiger partial charge is 0.472 e. The number of carbonyl (C=O) groups excluding carboxylic acids is 1. The van der Waals surface area contributed by atoms with Gasteiger partial charge in [-0.2, -0.15) is 0 Å². The van der Waals surface area contributed by atoms with Crippen LogP contribution in [0.15, 0.2) is 47.5 Å². The lowest BCUT2D eigenvalue weighted by Gasteiger charge is -2.39. The first kappa shape index (κ1) is 15.4. The molecule has 2 saturated heterocycles. The molecular weight excluding hydrogens is 302 g/mol. The van der Waals surface area contributed by atoms with Crippen LogP contribution in [0, 0.1) is 5.41 Å². The molecule has 0 atom stereocenters. The molecule has 0 saturated carbocycles. The van der Waals surface area contributed by atoms with Crippen LogP contribution < -0.4 is 0 Å². The lowest BCUT2D eigenvalue weighted by Crippen LogP contribution is -2.44. The average molecular weight is 325 g/mol. The maximum absolute atomic E-state index is 12.5. The molecule has 2 fully saturated rings. The van der Waals surface area contributed by atoms with Crippen LogP contribution in [-0.2, 0) is 6.54 Å². The van der Waals surface area contributed by atoms with Crippen molar-refractivity contribution < 1.29 is 9.21 Å². The lowest BCUT2D eigenvalue weighted by molar-refractivity contribution is 0.0587. The molecule has 1 spiro atoms. The van der Waals surface area contributed by atoms with E-state index >= 15 is 0 Å². The van der Waals surface area contributed by atoms with Gasteiger partial charge in [-0.25, -0.2) is 0 Å². The number of hydrogen-bond donors (Lipinski definition) is 0. The molecule has 24 heavy (non-hydrogen) atoms. The van der Waals surface area contributed by atoms with Crippen molar-refractivity contribution in [1.82, 2.24) is 14.8 Å². The van der Waals surface area contributed by atoms with E-state index in [4.69, 9.17) is 4.42 Å². The zero-order valence-electron chi connectivity index (χ0n) is 13.9. The summed E-state index contributed by atoms with van der Waals surface area (Å²) in [5.74, 6) is 0.117. The highest BCUT2D eigenvalue weighted by Crippen LogP contribution is 2.41. The van der Waals surface area contributed by atoms with E-state index in [1.54, 1.807) is 18.7 Å². The predicted octanol–water partition coefficient (Wildman–Crippen LogP) is 2.80. The number of pyridine rings is 1. The van der Waals surface area contributed by atoms with Crippen LogP contribution >= 0.6 is 0 Å². The van der Waals surface area contributed by atoms with Gasteiger partial charge in [0.25, 0.3) is 5.91 Å². The van der Waals surface area contributed by atoms with E-state index in [1.165, 1.54) is 12.0 Å². The fourth-order valence-corrected chi connectivity index (χ4v) is 4.07. The maximum atomic E-state index is 12.5. The number of aromatic nitrogens is 1. The number of amides is 1. The number of rotatable bonds is 3. The lowest BCUT2D eigenvalue weighted by atomic mass is 9.77. The van der Waals surface area contributed by atoms with E-state index in [9.17, 15) is 4.79 Å². The van der Waals surface area contributed by atoms with Crippen LogP contribution in [0.2, 0.25) is 0 Å². The molecule has 0 unspecified atom stereocenters. The molecule has 5 heteroatoms. The minimum absolute atomic E-state index is 0.117. The van der Waals surface area contributed by atoms with Gasteiger partial charge in [-0.05, 0) is 49.4 Å². The summed E-state index contributed by atoms with van der Waals surface area (Å²) in [6.07, 6.45) is 10.4. The van der Waals surface area contributed by atoms with Gasteiger partial charge >= 0.3 is 0 Å². The van der Waals surface area contributed by atoms with Crippen molar-refractivity contribution in [3.05, 3.63) is 54.2 Å². The molecule has 0 aromatic carbocycles. The summed E-state index contributed by atoms with van der Waals surface area (Å²) in [7, 11) is 0. The van der Waals surface area contributed by atoms with E-state index in [2.05, 4.69) is 9.88 Å². The van der Waals surface area contributed by atoms with E-state index in [0.29, 0.717) is 11.0 Å². The van der Waals surface area contributed by atoms with Crippen molar-refractivity contribution in [2.45, 2.75) is 25.8 Å². The van der Waals surface area contributed by atoms with E-state index in [-0.39, 0.29) is 5.91 Å². The molecule has 126 valence electrons. The Hall–Kier alpha value is -2.14. The molecule has 2 aliphatic rings. The second-order valence-corrected chi connectivity index (χ2v) is 7.13. The van der Waals surface area contributed by atoms with Crippen LogP contribution in [0.5, 0.6) is 0 Å². The molecule has 0 bridgehead atoms. The molecule has 1 amide bonds. The molecule has 4 heterocycles. The summed E-state index contributed by atoms with van der Waals surface area (Å²) >= 11 is 0. The number of piperidine rings is 1. The van der Waals surface area contributed by atoms with Gasteiger partial charge in [0.15, 0.2) is 0 Å². The number of hydrogen-bond acceptors (Lipinski definition) is 4. The highest BCUT2D eigenvalue weighted by molar-refractivity contribution is 5.93. The molecule has 0 radical (unpaired) electrons. The molecule has 0 N–H and O–H groups in total. The van der Waals surface area contributed by atoms with Crippen molar-refractivity contribution in [3.63, 3.8) is 0 Å². The van der Waals surface area contributed by atoms with Crippen molar-refractivity contribution >= 4 is 5.91 Å². The second kappa shape index (κ2) is 6.40. The zero-order chi connectivity index (χ0) is 16.4. The van der Waals surface area contributed by atoms with E-state index in [1.807, 2.05) is 29.4 Å². The minimum Gasteiger partial charge on any atom is -0.472 e. The van der Waals surface area contributed by atoms with Crippen LogP contribution in [0.1, 0.15) is 35.2 Å². The molecule has 5 nitrogen and oxygen atoms in total. The van der Waals surface area contributed by atoms with Crippen LogP contribution in [0.25, 0.3) is 0 Å². The summed E-state index contributed by atoms with van der Waals surface area (Å²) < 4.78 is 5.17. The third kappa shape index (κ3) is 3.08. The Kier molecular flexibility index (Phi) is 4.10. The summed E-state index contributed by atoms with van der Waals surface area (Å²) in [5.41, 5.74) is 2.33. The van der Waals surface area contributed by atoms with Crippen molar-refractivity contribution in [1.29, 1.82) is 0 Å². The number of nitrogens with zero attached hydrogens (tertiary/aromatic N) is 3. The Morgan fingerprint density at radius 2 is 2.04 bits per heavy atom. The Morgan fingerprint density at radius 1 is 1.21 bits per heavy atom. The Bertz CT molecular complexity index is 676. The third-order valence-corrected chi connectivity index (χ3v) is 5.52. The standard InChI is InChI=1S/C19H23N3O2/c23-18(17-2-1-7-20-12-17)22-9-5-19(6-10-22)4-8-21(15-19)13-16-3-11-24-14-16/h1-3,7,11-12,14H,4-6,8-10,13,15H2. The Balaban J connectivity index is 1.34. The smallest absolute Gasteiger partial charge is 0.255 e. The molecule has 4 rings (SSSR count). The monoisotopic (exact) mass is 325 g/mol. The molecule has 2 aromatic rings. The van der Waals surface area contributed by atoms with Crippen LogP contribution in [-0.4, -0.2) is 46.9 Å². The maximum Gasteiger partial charge on any atom is 0.255 e. The van der Waals surface area contributed by atoms with Crippen LogP contribution in [0.3, 0.4) is 0 Å². The SMILES string of the molecule is O=C(c1cccnc1)N1CCC2(CCN(Cc3ccoc3)C2)CC1. The Morgan fingerprint density at radius 3 is 2.75 bits per heavy atom. The van der Waals surface area contributed by atoms with Crippen molar-refractivity contribution in [2.24, 2.45) is 5.41 Å². The fourth-order valence-electron chi connectivity index (χ4n) is 4.07. The summed E-state index contributed by atoms with van der Waals surface area (Å²) in [4.78, 5) is 21.1. The van der Waals surface area contributed by atoms with E-state index in [0.717, 1.165) is 45.6 Å². The highest BCUT2D eigenvalue weighted by Gasteiger charge is 2.41. The predicted molar refractivity (Wildman–Crippen MR) is 90.4 cm³/mol. The first-order valence-electron chi connectivity index (χ1n) is 8.67. The van der Waals surface area contributed by atoms with Gasteiger partial charge in [0, 0.05) is 44.1 Å². The van der Waals surface area contributed by atoms with Gasteiger partial charge in [0.2, 0.25) is 0 Å². The Labute approximate surface area is 142 Å². The van der Waals surface area contributed by atoms with E-state index < -0.39 is 0 Å². The van der Waals surface area contributed by atoms with Crippen molar-refractivity contribution in [2.75, 3.05) is 26.2 Å².